The van der Waals surface area contributed by atoms with Crippen molar-refractivity contribution < 1.29 is 8.91 Å². The number of hydrogen-bond acceptors (Lipinski definition) is 3. The van der Waals surface area contributed by atoms with E-state index in [2.05, 4.69) is 5.16 Å². The Balaban J connectivity index is 2.19. The van der Waals surface area contributed by atoms with Crippen LogP contribution in [0.1, 0.15) is 5.56 Å². The van der Waals surface area contributed by atoms with Crippen LogP contribution < -0.4 is 5.73 Å². The van der Waals surface area contributed by atoms with Gasteiger partial charge in [0, 0.05) is 10.6 Å². The second-order valence-corrected chi connectivity index (χ2v) is 5.18. The lowest BCUT2D eigenvalue weighted by molar-refractivity contribution is 0.439. The van der Waals surface area contributed by atoms with Gasteiger partial charge in [-0.15, -0.1) is 0 Å². The van der Waals surface area contributed by atoms with Crippen molar-refractivity contribution in [3.8, 4) is 22.4 Å². The van der Waals surface area contributed by atoms with Crippen LogP contribution in [0.25, 0.3) is 22.4 Å². The quantitative estimate of drug-likeness (QED) is 0.747. The minimum atomic E-state index is -0.264. The average molecular weight is 303 g/mol. The molecule has 21 heavy (non-hydrogen) atoms. The van der Waals surface area contributed by atoms with Gasteiger partial charge in [-0.2, -0.15) is 0 Å². The number of hydrogen-bond donors (Lipinski definition) is 1. The third kappa shape index (κ3) is 2.50. The lowest BCUT2D eigenvalue weighted by Gasteiger charge is -2.05. The monoisotopic (exact) mass is 302 g/mol. The third-order valence-electron chi connectivity index (χ3n) is 3.26. The van der Waals surface area contributed by atoms with Crippen LogP contribution in [0.2, 0.25) is 5.02 Å². The Morgan fingerprint density at radius 1 is 1.14 bits per heavy atom. The predicted octanol–water partition coefficient (Wildman–Crippen LogP) is 4.69. The van der Waals surface area contributed by atoms with E-state index in [0.717, 1.165) is 11.1 Å². The van der Waals surface area contributed by atoms with Crippen molar-refractivity contribution in [1.82, 2.24) is 5.16 Å². The maximum absolute atomic E-state index is 13.4. The summed E-state index contributed by atoms with van der Waals surface area (Å²) in [5, 5.41) is 4.59. The zero-order chi connectivity index (χ0) is 15.0. The molecule has 0 atom stereocenters. The molecule has 5 heteroatoms. The van der Waals surface area contributed by atoms with Crippen LogP contribution in [0.3, 0.4) is 0 Å². The van der Waals surface area contributed by atoms with Gasteiger partial charge in [-0.1, -0.05) is 28.9 Å². The zero-order valence-electron chi connectivity index (χ0n) is 11.2. The van der Waals surface area contributed by atoms with E-state index in [0.29, 0.717) is 21.8 Å². The van der Waals surface area contributed by atoms with Gasteiger partial charge in [0.2, 0.25) is 5.88 Å². The third-order valence-corrected chi connectivity index (χ3v) is 3.50. The second-order valence-electron chi connectivity index (χ2n) is 4.74. The summed E-state index contributed by atoms with van der Waals surface area (Å²) in [5.41, 5.74) is 9.18. The summed E-state index contributed by atoms with van der Waals surface area (Å²) in [4.78, 5) is 0. The van der Waals surface area contributed by atoms with E-state index in [1.54, 1.807) is 31.2 Å². The van der Waals surface area contributed by atoms with E-state index in [9.17, 15) is 4.39 Å². The van der Waals surface area contributed by atoms with Gasteiger partial charge in [0.1, 0.15) is 11.5 Å². The fraction of sp³-hybridized carbons (Fsp3) is 0.0625. The lowest BCUT2D eigenvalue weighted by atomic mass is 10.00. The molecule has 0 saturated carbocycles. The molecule has 0 radical (unpaired) electrons. The first-order chi connectivity index (χ1) is 10.1. The maximum atomic E-state index is 13.4. The first kappa shape index (κ1) is 13.6. The number of aryl methyl sites for hydroxylation is 1. The molecule has 1 aromatic heterocycles. The number of nitrogen functional groups attached to an aromatic ring is 1. The van der Waals surface area contributed by atoms with Gasteiger partial charge in [0.05, 0.1) is 5.56 Å². The summed E-state index contributed by atoms with van der Waals surface area (Å²) in [6, 6.07) is 12.0. The molecule has 0 saturated heterocycles. The molecule has 0 fully saturated rings. The molecular formula is C16H12ClFN2O. The van der Waals surface area contributed by atoms with Crippen LogP contribution in [-0.4, -0.2) is 5.16 Å². The Morgan fingerprint density at radius 3 is 2.67 bits per heavy atom. The van der Waals surface area contributed by atoms with Crippen LogP contribution in [0.4, 0.5) is 10.3 Å². The van der Waals surface area contributed by atoms with Crippen molar-refractivity contribution in [1.29, 1.82) is 0 Å². The second kappa shape index (κ2) is 5.22. The topological polar surface area (TPSA) is 52.0 Å². The fourth-order valence-corrected chi connectivity index (χ4v) is 2.41. The summed E-state index contributed by atoms with van der Waals surface area (Å²) >= 11 is 6.02. The highest BCUT2D eigenvalue weighted by Gasteiger charge is 2.18. The summed E-state index contributed by atoms with van der Waals surface area (Å²) in [6.45, 7) is 1.70. The minimum absolute atomic E-state index is 0.203. The molecule has 0 aliphatic carbocycles. The highest BCUT2D eigenvalue weighted by molar-refractivity contribution is 6.30. The number of benzene rings is 2. The average Bonchev–Trinajstić information content (AvgIpc) is 2.84. The lowest BCUT2D eigenvalue weighted by Crippen LogP contribution is -1.89. The van der Waals surface area contributed by atoms with Gasteiger partial charge in [-0.25, -0.2) is 4.39 Å². The summed E-state index contributed by atoms with van der Waals surface area (Å²) in [6.07, 6.45) is 0. The van der Waals surface area contributed by atoms with Crippen molar-refractivity contribution in [2.24, 2.45) is 0 Å². The van der Waals surface area contributed by atoms with Crippen molar-refractivity contribution in [3.63, 3.8) is 0 Å². The molecule has 106 valence electrons. The standard InChI is InChI=1S/C16H12ClFN2O/c1-9-7-11(5-6-13(9)18)15-14(16(19)21-20-15)10-3-2-4-12(17)8-10/h2-8H,19H2,1H3. The molecular weight excluding hydrogens is 291 g/mol. The minimum Gasteiger partial charge on any atom is -0.367 e. The van der Waals surface area contributed by atoms with Gasteiger partial charge in [0.25, 0.3) is 0 Å². The predicted molar refractivity (Wildman–Crippen MR) is 81.5 cm³/mol. The van der Waals surface area contributed by atoms with Gasteiger partial charge in [-0.3, -0.25) is 0 Å². The number of nitrogens with two attached hydrogens (primary N) is 1. The number of rotatable bonds is 2. The number of halogens is 2. The van der Waals surface area contributed by atoms with Gasteiger partial charge < -0.3 is 10.3 Å². The molecule has 3 rings (SSSR count). The SMILES string of the molecule is Cc1cc(-c2noc(N)c2-c2cccc(Cl)c2)ccc1F. The fourth-order valence-electron chi connectivity index (χ4n) is 2.21. The molecule has 3 aromatic rings. The Hall–Kier alpha value is -2.33. The van der Waals surface area contributed by atoms with E-state index >= 15 is 0 Å². The maximum Gasteiger partial charge on any atom is 0.230 e. The van der Waals surface area contributed by atoms with E-state index in [1.807, 2.05) is 12.1 Å². The van der Waals surface area contributed by atoms with Gasteiger partial charge >= 0.3 is 0 Å². The molecule has 3 nitrogen and oxygen atoms in total. The molecule has 2 N–H and O–H groups in total. The van der Waals surface area contributed by atoms with Crippen molar-refractivity contribution in [2.45, 2.75) is 6.92 Å². The smallest absolute Gasteiger partial charge is 0.230 e. The van der Waals surface area contributed by atoms with Crippen LogP contribution in [0.5, 0.6) is 0 Å². The Kier molecular flexibility index (Phi) is 3.39. The summed E-state index contributed by atoms with van der Waals surface area (Å²) in [5.74, 6) is -0.0613. The van der Waals surface area contributed by atoms with Crippen LogP contribution in [-0.2, 0) is 0 Å². The Morgan fingerprint density at radius 2 is 1.95 bits per heavy atom. The highest BCUT2D eigenvalue weighted by Crippen LogP contribution is 2.37. The molecule has 1 heterocycles. The van der Waals surface area contributed by atoms with E-state index in [-0.39, 0.29) is 11.7 Å². The summed E-state index contributed by atoms with van der Waals surface area (Å²) < 4.78 is 18.5. The number of nitrogens with zero attached hydrogens (tertiary/aromatic N) is 1. The first-order valence-electron chi connectivity index (χ1n) is 6.34. The van der Waals surface area contributed by atoms with Crippen molar-refractivity contribution in [2.75, 3.05) is 5.73 Å². The molecule has 0 unspecified atom stereocenters. The van der Waals surface area contributed by atoms with E-state index in [4.69, 9.17) is 21.9 Å². The van der Waals surface area contributed by atoms with Gasteiger partial charge in [0.15, 0.2) is 0 Å². The molecule has 0 spiro atoms. The molecule has 2 aromatic carbocycles. The van der Waals surface area contributed by atoms with E-state index < -0.39 is 0 Å². The number of aromatic nitrogens is 1. The van der Waals surface area contributed by atoms with E-state index in [1.165, 1.54) is 6.07 Å². The first-order valence-corrected chi connectivity index (χ1v) is 6.71. The zero-order valence-corrected chi connectivity index (χ0v) is 12.0. The molecule has 0 bridgehead atoms. The number of anilines is 1. The van der Waals surface area contributed by atoms with Crippen LogP contribution >= 0.6 is 11.6 Å². The van der Waals surface area contributed by atoms with Gasteiger partial charge in [-0.05, 0) is 48.4 Å². The normalized spacial score (nSPS) is 10.8. The largest absolute Gasteiger partial charge is 0.367 e. The van der Waals surface area contributed by atoms with Crippen LogP contribution in [0, 0.1) is 12.7 Å². The Labute approximate surface area is 126 Å². The van der Waals surface area contributed by atoms with Crippen molar-refractivity contribution in [3.05, 3.63) is 58.9 Å². The highest BCUT2D eigenvalue weighted by atomic mass is 35.5. The van der Waals surface area contributed by atoms with Crippen molar-refractivity contribution >= 4 is 17.5 Å². The summed E-state index contributed by atoms with van der Waals surface area (Å²) in [7, 11) is 0. The van der Waals surface area contributed by atoms with Crippen LogP contribution in [0.15, 0.2) is 47.0 Å². The molecule has 0 aliphatic heterocycles. The Bertz CT molecular complexity index is 814. The molecule has 0 aliphatic rings. The molecule has 0 amide bonds.